The molecule has 0 radical (unpaired) electrons. The Morgan fingerprint density at radius 3 is 2.94 bits per heavy atom. The smallest absolute Gasteiger partial charge is 0.0795 e. The Kier molecular flexibility index (Phi) is 2.32. The van der Waals surface area contributed by atoms with E-state index in [0.29, 0.717) is 11.3 Å². The van der Waals surface area contributed by atoms with E-state index < -0.39 is 0 Å². The van der Waals surface area contributed by atoms with Crippen LogP contribution in [0.1, 0.15) is 56.3 Å². The third-order valence-corrected chi connectivity index (χ3v) is 4.84. The van der Waals surface area contributed by atoms with Crippen LogP contribution >= 0.6 is 0 Å². The lowest BCUT2D eigenvalue weighted by atomic mass is 9.58. The van der Waals surface area contributed by atoms with E-state index in [1.807, 2.05) is 0 Å². The fourth-order valence-corrected chi connectivity index (χ4v) is 3.84. The summed E-state index contributed by atoms with van der Waals surface area (Å²) in [7, 11) is 0. The molecule has 0 saturated heterocycles. The second kappa shape index (κ2) is 3.59. The second-order valence-electron chi connectivity index (χ2n) is 5.70. The van der Waals surface area contributed by atoms with Crippen molar-refractivity contribution in [3.05, 3.63) is 35.4 Å². The maximum atomic E-state index is 10.2. The highest BCUT2D eigenvalue weighted by Gasteiger charge is 2.44. The number of aliphatic hydroxyl groups excluding tert-OH is 1. The van der Waals surface area contributed by atoms with Crippen LogP contribution in [0.3, 0.4) is 0 Å². The molecule has 1 aromatic rings. The van der Waals surface area contributed by atoms with Gasteiger partial charge in [-0.1, -0.05) is 44.0 Å². The second-order valence-corrected chi connectivity index (χ2v) is 5.70. The average Bonchev–Trinajstić information content (AvgIpc) is 2.31. The maximum Gasteiger partial charge on any atom is 0.0795 e. The molecule has 1 heteroatoms. The van der Waals surface area contributed by atoms with E-state index in [0.717, 1.165) is 6.42 Å². The Morgan fingerprint density at radius 1 is 1.25 bits per heavy atom. The SMILES string of the molecule is C[C@]12CCCC[C@H]1C[C@H](O)c1ccccc12. The molecule has 2 aliphatic carbocycles. The van der Waals surface area contributed by atoms with Crippen molar-refractivity contribution >= 4 is 0 Å². The fourth-order valence-electron chi connectivity index (χ4n) is 3.84. The van der Waals surface area contributed by atoms with Crippen LogP contribution in [0.5, 0.6) is 0 Å². The van der Waals surface area contributed by atoms with Crippen LogP contribution in [0.4, 0.5) is 0 Å². The van der Waals surface area contributed by atoms with Crippen molar-refractivity contribution in [3.63, 3.8) is 0 Å². The van der Waals surface area contributed by atoms with Crippen LogP contribution in [-0.2, 0) is 5.41 Å². The van der Waals surface area contributed by atoms with Gasteiger partial charge in [0, 0.05) is 0 Å². The lowest BCUT2D eigenvalue weighted by molar-refractivity contribution is 0.0712. The highest BCUT2D eigenvalue weighted by atomic mass is 16.3. The van der Waals surface area contributed by atoms with Gasteiger partial charge in [-0.2, -0.15) is 0 Å². The zero-order valence-corrected chi connectivity index (χ0v) is 9.95. The first-order valence-corrected chi connectivity index (χ1v) is 6.49. The van der Waals surface area contributed by atoms with Gasteiger partial charge in [-0.3, -0.25) is 0 Å². The molecule has 0 amide bonds. The molecule has 3 atom stereocenters. The maximum absolute atomic E-state index is 10.2. The molecule has 1 aromatic carbocycles. The van der Waals surface area contributed by atoms with Crippen molar-refractivity contribution in [2.45, 2.75) is 50.5 Å². The van der Waals surface area contributed by atoms with Gasteiger partial charge in [0.2, 0.25) is 0 Å². The summed E-state index contributed by atoms with van der Waals surface area (Å²) in [4.78, 5) is 0. The van der Waals surface area contributed by atoms with E-state index in [9.17, 15) is 5.11 Å². The number of benzene rings is 1. The lowest BCUT2D eigenvalue weighted by Gasteiger charge is -2.47. The Bertz CT molecular complexity index is 398. The minimum absolute atomic E-state index is 0.229. The topological polar surface area (TPSA) is 20.2 Å². The average molecular weight is 216 g/mol. The lowest BCUT2D eigenvalue weighted by Crippen LogP contribution is -2.40. The van der Waals surface area contributed by atoms with Crippen LogP contribution in [0, 0.1) is 5.92 Å². The molecule has 0 aliphatic heterocycles. The van der Waals surface area contributed by atoms with Crippen molar-refractivity contribution in [2.75, 3.05) is 0 Å². The predicted octanol–water partition coefficient (Wildman–Crippen LogP) is 3.57. The van der Waals surface area contributed by atoms with Crippen LogP contribution < -0.4 is 0 Å². The van der Waals surface area contributed by atoms with E-state index >= 15 is 0 Å². The van der Waals surface area contributed by atoms with Crippen LogP contribution in [0.2, 0.25) is 0 Å². The normalized spacial score (nSPS) is 37.6. The molecule has 0 heterocycles. The molecule has 3 rings (SSSR count). The highest BCUT2D eigenvalue weighted by molar-refractivity contribution is 5.39. The van der Waals surface area contributed by atoms with E-state index in [4.69, 9.17) is 0 Å². The van der Waals surface area contributed by atoms with E-state index in [1.165, 1.54) is 36.8 Å². The van der Waals surface area contributed by atoms with E-state index in [1.54, 1.807) is 0 Å². The largest absolute Gasteiger partial charge is 0.388 e. The van der Waals surface area contributed by atoms with Crippen molar-refractivity contribution < 1.29 is 5.11 Å². The first-order chi connectivity index (χ1) is 7.72. The van der Waals surface area contributed by atoms with Crippen LogP contribution in [-0.4, -0.2) is 5.11 Å². The van der Waals surface area contributed by atoms with Crippen molar-refractivity contribution in [3.8, 4) is 0 Å². The third-order valence-electron chi connectivity index (χ3n) is 4.84. The molecule has 0 aromatic heterocycles. The Hall–Kier alpha value is -0.820. The zero-order chi connectivity index (χ0) is 11.2. The standard InChI is InChI=1S/C15H20O/c1-15-9-5-4-6-11(15)10-14(16)12-7-2-3-8-13(12)15/h2-3,7-8,11,14,16H,4-6,9-10H2,1H3/t11-,14-,15-/m0/s1. The quantitative estimate of drug-likeness (QED) is 0.703. The number of rotatable bonds is 0. The summed E-state index contributed by atoms with van der Waals surface area (Å²) in [6.07, 6.45) is 6.01. The summed E-state index contributed by atoms with van der Waals surface area (Å²) in [6.45, 7) is 2.40. The third kappa shape index (κ3) is 1.34. The summed E-state index contributed by atoms with van der Waals surface area (Å²) in [5.74, 6) is 0.686. The molecule has 1 saturated carbocycles. The Balaban J connectivity index is 2.12. The summed E-state index contributed by atoms with van der Waals surface area (Å²) in [5.41, 5.74) is 2.93. The molecule has 1 N–H and O–H groups in total. The number of hydrogen-bond acceptors (Lipinski definition) is 1. The predicted molar refractivity (Wildman–Crippen MR) is 65.3 cm³/mol. The number of aliphatic hydroxyl groups is 1. The van der Waals surface area contributed by atoms with Gasteiger partial charge in [-0.15, -0.1) is 0 Å². The highest BCUT2D eigenvalue weighted by Crippen LogP contribution is 2.52. The van der Waals surface area contributed by atoms with Crippen molar-refractivity contribution in [1.29, 1.82) is 0 Å². The van der Waals surface area contributed by atoms with E-state index in [2.05, 4.69) is 31.2 Å². The number of fused-ring (bicyclic) bond motifs is 3. The minimum atomic E-state index is -0.229. The monoisotopic (exact) mass is 216 g/mol. The Labute approximate surface area is 97.5 Å². The van der Waals surface area contributed by atoms with Gasteiger partial charge in [-0.25, -0.2) is 0 Å². The van der Waals surface area contributed by atoms with Gasteiger partial charge >= 0.3 is 0 Å². The van der Waals surface area contributed by atoms with E-state index in [-0.39, 0.29) is 6.10 Å². The molecule has 1 fully saturated rings. The van der Waals surface area contributed by atoms with Crippen molar-refractivity contribution in [1.82, 2.24) is 0 Å². The molecule has 1 nitrogen and oxygen atoms in total. The van der Waals surface area contributed by atoms with Crippen LogP contribution in [0.25, 0.3) is 0 Å². The molecular formula is C15H20O. The van der Waals surface area contributed by atoms with Crippen molar-refractivity contribution in [2.24, 2.45) is 5.92 Å². The fraction of sp³-hybridized carbons (Fsp3) is 0.600. The summed E-state index contributed by atoms with van der Waals surface area (Å²) in [6, 6.07) is 8.51. The molecule has 0 unspecified atom stereocenters. The number of hydrogen-bond donors (Lipinski definition) is 1. The molecular weight excluding hydrogens is 196 g/mol. The molecule has 16 heavy (non-hydrogen) atoms. The summed E-state index contributed by atoms with van der Waals surface area (Å²) in [5, 5.41) is 10.2. The Morgan fingerprint density at radius 2 is 2.06 bits per heavy atom. The van der Waals surface area contributed by atoms with Gasteiger partial charge in [0.05, 0.1) is 6.10 Å². The van der Waals surface area contributed by atoms with Gasteiger partial charge < -0.3 is 5.11 Å². The molecule has 2 aliphatic rings. The summed E-state index contributed by atoms with van der Waals surface area (Å²) < 4.78 is 0. The first-order valence-electron chi connectivity index (χ1n) is 6.49. The van der Waals surface area contributed by atoms with Gasteiger partial charge in [0.15, 0.2) is 0 Å². The van der Waals surface area contributed by atoms with Gasteiger partial charge in [-0.05, 0) is 41.7 Å². The minimum Gasteiger partial charge on any atom is -0.388 e. The molecule has 86 valence electrons. The molecule has 0 bridgehead atoms. The van der Waals surface area contributed by atoms with Gasteiger partial charge in [0.25, 0.3) is 0 Å². The zero-order valence-electron chi connectivity index (χ0n) is 9.95. The molecule has 0 spiro atoms. The first kappa shape index (κ1) is 10.3. The van der Waals surface area contributed by atoms with Gasteiger partial charge in [0.1, 0.15) is 0 Å². The van der Waals surface area contributed by atoms with Crippen LogP contribution in [0.15, 0.2) is 24.3 Å². The summed E-state index contributed by atoms with van der Waals surface area (Å²) >= 11 is 0.